The third kappa shape index (κ3) is 4.57. The van der Waals surface area contributed by atoms with Crippen molar-refractivity contribution in [3.8, 4) is 0 Å². The molecular formula is C18H2Br2F15P. The molecule has 0 heterocycles. The molecule has 0 N–H and O–H groups in total. The summed E-state index contributed by atoms with van der Waals surface area (Å²) < 4.78 is 209. The number of halogens is 17. The van der Waals surface area contributed by atoms with E-state index in [1.807, 2.05) is 0 Å². The number of rotatable bonds is 3. The van der Waals surface area contributed by atoms with E-state index in [1.54, 1.807) is 0 Å². The summed E-state index contributed by atoms with van der Waals surface area (Å²) in [5, 5.41) is -7.84. The van der Waals surface area contributed by atoms with Gasteiger partial charge >= 0.3 is 0 Å². The molecule has 3 aromatic rings. The lowest BCUT2D eigenvalue weighted by Crippen LogP contribution is -2.36. The Balaban J connectivity index is 0.00000324. The standard InChI is InChI=1S/C18F15P.2BrH/c19-1-4(22)10(28)16(11(29)5(1)23)34(17-12(30)6(24)2(20)7(25)13(17)31)18-14(32)8(26)3(21)9(27)15(18)33;;/h;2*1H. The fraction of sp³-hybridized carbons (Fsp3) is 0. The molecule has 0 fully saturated rings. The van der Waals surface area contributed by atoms with Crippen LogP contribution in [0.4, 0.5) is 65.9 Å². The minimum atomic E-state index is -4.90. The molecule has 0 aliphatic rings. The zero-order chi connectivity index (χ0) is 26.0. The van der Waals surface area contributed by atoms with Crippen molar-refractivity contribution in [3.63, 3.8) is 0 Å². The minimum Gasteiger partial charge on any atom is -0.203 e. The average Bonchev–Trinajstić information content (AvgIpc) is 2.81. The van der Waals surface area contributed by atoms with Gasteiger partial charge in [0.25, 0.3) is 0 Å². The molecule has 0 atom stereocenters. The van der Waals surface area contributed by atoms with E-state index in [0.717, 1.165) is 0 Å². The Morgan fingerprint density at radius 3 is 0.472 bits per heavy atom. The summed E-state index contributed by atoms with van der Waals surface area (Å²) in [4.78, 5) is 0. The quantitative estimate of drug-likeness (QED) is 0.124. The van der Waals surface area contributed by atoms with E-state index in [4.69, 9.17) is 0 Å². The summed E-state index contributed by atoms with van der Waals surface area (Å²) in [6, 6.07) is 0. The molecule has 0 unspecified atom stereocenters. The lowest BCUT2D eigenvalue weighted by molar-refractivity contribution is 0.381. The molecule has 0 aliphatic heterocycles. The van der Waals surface area contributed by atoms with E-state index in [-0.39, 0.29) is 34.0 Å². The van der Waals surface area contributed by atoms with Crippen molar-refractivity contribution in [1.29, 1.82) is 0 Å². The summed E-state index contributed by atoms with van der Waals surface area (Å²) in [5.74, 6) is -44.9. The van der Waals surface area contributed by atoms with E-state index in [9.17, 15) is 65.9 Å². The van der Waals surface area contributed by atoms with E-state index in [1.165, 1.54) is 0 Å². The maximum absolute atomic E-state index is 14.4. The molecule has 0 nitrogen and oxygen atoms in total. The molecular weight excluding hydrogens is 692 g/mol. The Bertz CT molecular complexity index is 1130. The Labute approximate surface area is 211 Å². The molecule has 0 saturated heterocycles. The van der Waals surface area contributed by atoms with Crippen molar-refractivity contribution >= 4 is 57.8 Å². The molecule has 0 bridgehead atoms. The van der Waals surface area contributed by atoms with Gasteiger partial charge in [0.15, 0.2) is 69.8 Å². The monoisotopic (exact) mass is 692 g/mol. The molecule has 0 amide bonds. The number of hydrogen-bond acceptors (Lipinski definition) is 0. The maximum Gasteiger partial charge on any atom is 0.200 e. The van der Waals surface area contributed by atoms with Crippen LogP contribution in [0.5, 0.6) is 0 Å². The van der Waals surface area contributed by atoms with Crippen LogP contribution < -0.4 is 15.9 Å². The third-order valence-corrected chi connectivity index (χ3v) is 6.75. The van der Waals surface area contributed by atoms with Crippen molar-refractivity contribution < 1.29 is 65.9 Å². The van der Waals surface area contributed by atoms with Gasteiger partial charge in [-0.1, -0.05) is 0 Å². The summed E-state index contributed by atoms with van der Waals surface area (Å²) in [6.07, 6.45) is 0. The fourth-order valence-corrected chi connectivity index (χ4v) is 5.14. The topological polar surface area (TPSA) is 0 Å². The summed E-state index contributed by atoms with van der Waals surface area (Å²) in [6.45, 7) is 0. The second kappa shape index (κ2) is 11.2. The molecule has 36 heavy (non-hydrogen) atoms. The van der Waals surface area contributed by atoms with Gasteiger partial charge in [0, 0.05) is 7.92 Å². The van der Waals surface area contributed by atoms with Gasteiger partial charge in [0.2, 0.25) is 17.5 Å². The Morgan fingerprint density at radius 1 is 0.222 bits per heavy atom. The zero-order valence-electron chi connectivity index (χ0n) is 15.9. The highest BCUT2D eigenvalue weighted by Crippen LogP contribution is 2.42. The first-order valence-electron chi connectivity index (χ1n) is 8.01. The van der Waals surface area contributed by atoms with Crippen LogP contribution in [0.1, 0.15) is 0 Å². The van der Waals surface area contributed by atoms with Crippen LogP contribution in [0.25, 0.3) is 0 Å². The van der Waals surface area contributed by atoms with Gasteiger partial charge < -0.3 is 0 Å². The van der Waals surface area contributed by atoms with E-state index >= 15 is 0 Å². The summed E-state index contributed by atoms with van der Waals surface area (Å²) in [5.41, 5.74) is 0. The predicted octanol–water partition coefficient (Wildman–Crippen LogP) is 6.69. The molecule has 0 aliphatic carbocycles. The van der Waals surface area contributed by atoms with Crippen LogP contribution in [-0.4, -0.2) is 0 Å². The summed E-state index contributed by atoms with van der Waals surface area (Å²) >= 11 is 0. The van der Waals surface area contributed by atoms with Crippen LogP contribution >= 0.6 is 41.9 Å². The van der Waals surface area contributed by atoms with Crippen LogP contribution in [0.3, 0.4) is 0 Å². The molecule has 0 radical (unpaired) electrons. The third-order valence-electron chi connectivity index (χ3n) is 4.23. The van der Waals surface area contributed by atoms with Crippen molar-refractivity contribution in [2.24, 2.45) is 0 Å². The molecule has 18 heteroatoms. The lowest BCUT2D eigenvalue weighted by atomic mass is 10.3. The Kier molecular flexibility index (Phi) is 9.94. The van der Waals surface area contributed by atoms with Crippen molar-refractivity contribution in [1.82, 2.24) is 0 Å². The van der Waals surface area contributed by atoms with E-state index < -0.39 is 111 Å². The average molecular weight is 694 g/mol. The molecule has 3 rings (SSSR count). The highest BCUT2D eigenvalue weighted by Gasteiger charge is 2.42. The lowest BCUT2D eigenvalue weighted by Gasteiger charge is -2.23. The van der Waals surface area contributed by atoms with Gasteiger partial charge in [-0.05, 0) is 0 Å². The van der Waals surface area contributed by atoms with Gasteiger partial charge in [0.05, 0.1) is 15.9 Å². The van der Waals surface area contributed by atoms with Gasteiger partial charge in [-0.3, -0.25) is 0 Å². The molecule has 0 aromatic heterocycles. The smallest absolute Gasteiger partial charge is 0.200 e. The van der Waals surface area contributed by atoms with Gasteiger partial charge in [0.1, 0.15) is 0 Å². The van der Waals surface area contributed by atoms with Crippen molar-refractivity contribution in [2.45, 2.75) is 0 Å². The van der Waals surface area contributed by atoms with E-state index in [2.05, 4.69) is 0 Å². The largest absolute Gasteiger partial charge is 0.203 e. The summed E-state index contributed by atoms with van der Waals surface area (Å²) in [7, 11) is -4.90. The Morgan fingerprint density at radius 2 is 0.333 bits per heavy atom. The molecule has 0 saturated carbocycles. The normalized spacial score (nSPS) is 11.0. The minimum absolute atomic E-state index is 0. The molecule has 198 valence electrons. The van der Waals surface area contributed by atoms with Crippen LogP contribution in [0.2, 0.25) is 0 Å². The maximum atomic E-state index is 14.4. The first-order valence-corrected chi connectivity index (χ1v) is 9.35. The van der Waals surface area contributed by atoms with Gasteiger partial charge in [-0.25, -0.2) is 65.9 Å². The second-order valence-electron chi connectivity index (χ2n) is 6.09. The highest BCUT2D eigenvalue weighted by molar-refractivity contribution is 8.93. The first-order chi connectivity index (χ1) is 15.7. The number of benzene rings is 3. The Hall–Kier alpha value is -2.00. The van der Waals surface area contributed by atoms with E-state index in [0.29, 0.717) is 0 Å². The predicted molar refractivity (Wildman–Crippen MR) is 105 cm³/mol. The van der Waals surface area contributed by atoms with Crippen LogP contribution in [0.15, 0.2) is 0 Å². The molecule has 3 aromatic carbocycles. The fourth-order valence-electron chi connectivity index (χ4n) is 2.70. The number of hydrogen-bond donors (Lipinski definition) is 0. The first kappa shape index (κ1) is 32.0. The van der Waals surface area contributed by atoms with Crippen LogP contribution in [0, 0.1) is 87.3 Å². The van der Waals surface area contributed by atoms with Crippen molar-refractivity contribution in [3.05, 3.63) is 87.3 Å². The highest BCUT2D eigenvalue weighted by atomic mass is 79.9. The molecule has 0 spiro atoms. The van der Waals surface area contributed by atoms with Crippen molar-refractivity contribution in [2.75, 3.05) is 0 Å². The SMILES string of the molecule is Br.Br.Fc1c(F)c(F)c(P(c2c(F)c(F)c(F)c(F)c2F)c2c(F)c(F)c(F)c(F)c2F)c(F)c1F. The van der Waals surface area contributed by atoms with Gasteiger partial charge in [-0.2, -0.15) is 0 Å². The second-order valence-corrected chi connectivity index (χ2v) is 8.10. The zero-order valence-corrected chi connectivity index (χ0v) is 20.3. The van der Waals surface area contributed by atoms with Crippen LogP contribution in [-0.2, 0) is 0 Å². The van der Waals surface area contributed by atoms with Gasteiger partial charge in [-0.15, -0.1) is 34.0 Å².